The molecular weight excluding hydrogens is 556 g/mol. The summed E-state index contributed by atoms with van der Waals surface area (Å²) in [5.74, 6) is 2.26. The topological polar surface area (TPSA) is 95.2 Å². The number of benzene rings is 3. The van der Waals surface area contributed by atoms with Gasteiger partial charge in [-0.25, -0.2) is 4.98 Å². The summed E-state index contributed by atoms with van der Waals surface area (Å²) in [5.41, 5.74) is 2.67. The van der Waals surface area contributed by atoms with Crippen molar-refractivity contribution in [2.24, 2.45) is 4.99 Å². The zero-order valence-corrected chi connectivity index (χ0v) is 25.7. The van der Waals surface area contributed by atoms with Crippen LogP contribution in [0, 0.1) is 6.92 Å². The van der Waals surface area contributed by atoms with Crippen LogP contribution in [0.5, 0.6) is 17.2 Å². The quantitative estimate of drug-likeness (QED) is 0.226. The van der Waals surface area contributed by atoms with Crippen molar-refractivity contribution in [3.63, 3.8) is 0 Å². The first kappa shape index (κ1) is 29.2. The number of methoxy groups -OCH3 is 1. The maximum absolute atomic E-state index is 13.2. The molecule has 226 valence electrons. The molecule has 1 fully saturated rings. The van der Waals surface area contributed by atoms with E-state index in [1.165, 1.54) is 0 Å². The molecule has 2 aliphatic heterocycles. The van der Waals surface area contributed by atoms with E-state index in [4.69, 9.17) is 14.2 Å². The highest BCUT2D eigenvalue weighted by Gasteiger charge is 2.33. The average Bonchev–Trinajstić information content (AvgIpc) is 3.43. The average molecular weight is 593 g/mol. The maximum Gasteiger partial charge on any atom is 0.265 e. The Morgan fingerprint density at radius 3 is 2.61 bits per heavy atom. The molecule has 0 radical (unpaired) electrons. The van der Waals surface area contributed by atoms with E-state index in [9.17, 15) is 9.59 Å². The van der Waals surface area contributed by atoms with Crippen LogP contribution in [0.1, 0.15) is 49.8 Å². The van der Waals surface area contributed by atoms with Gasteiger partial charge in [-0.05, 0) is 94.7 Å². The molecule has 1 aromatic heterocycles. The minimum atomic E-state index is -0.709. The van der Waals surface area contributed by atoms with Gasteiger partial charge < -0.3 is 19.1 Å². The summed E-state index contributed by atoms with van der Waals surface area (Å²) in [6.45, 7) is 8.80. The smallest absolute Gasteiger partial charge is 0.265 e. The van der Waals surface area contributed by atoms with E-state index in [1.807, 2.05) is 87.4 Å². The van der Waals surface area contributed by atoms with Crippen LogP contribution in [-0.4, -0.2) is 58.5 Å². The van der Waals surface area contributed by atoms with Gasteiger partial charge in [-0.3, -0.25) is 19.1 Å². The Hall–Kier alpha value is -4.92. The number of aryl methyl sites for hydroxylation is 1. The van der Waals surface area contributed by atoms with Crippen molar-refractivity contribution >= 4 is 28.7 Å². The Morgan fingerprint density at radius 2 is 1.84 bits per heavy atom. The normalized spacial score (nSPS) is 16.5. The SMILES string of the molecule is COc1cc2c(cc1OC(C)(C)/C=C(\C)COc1ccc(-n3c(C)nc4ccccc4c3=O)cc1)N=C[C@@H]1CCCN1C2=O. The Kier molecular flexibility index (Phi) is 7.71. The summed E-state index contributed by atoms with van der Waals surface area (Å²) in [4.78, 5) is 37.4. The molecule has 1 atom stereocenters. The molecule has 1 amide bonds. The van der Waals surface area contributed by atoms with E-state index in [-0.39, 0.29) is 17.5 Å². The monoisotopic (exact) mass is 592 g/mol. The highest BCUT2D eigenvalue weighted by molar-refractivity contribution is 6.03. The summed E-state index contributed by atoms with van der Waals surface area (Å²) in [6, 6.07) is 18.3. The number of aromatic nitrogens is 2. The van der Waals surface area contributed by atoms with Gasteiger partial charge in [0.25, 0.3) is 11.5 Å². The second-order valence-corrected chi connectivity index (χ2v) is 11.8. The summed E-state index contributed by atoms with van der Waals surface area (Å²) >= 11 is 0. The van der Waals surface area contributed by atoms with Gasteiger partial charge >= 0.3 is 0 Å². The lowest BCUT2D eigenvalue weighted by atomic mass is 10.1. The molecule has 3 aromatic carbocycles. The van der Waals surface area contributed by atoms with Crippen LogP contribution in [0.2, 0.25) is 0 Å². The van der Waals surface area contributed by atoms with E-state index < -0.39 is 5.60 Å². The standard InChI is InChI=1S/C35H36N4O5/c1-22(21-43-26-14-12-24(13-15-26)39-23(2)37-29-11-7-6-10-27(29)34(39)41)19-35(3,4)44-32-18-30-28(17-31(32)42-5)33(40)38-16-8-9-25(38)20-36-30/h6-7,10-15,17-20,25H,8-9,16,21H2,1-5H3/b22-19+/t25-/m0/s1. The minimum absolute atomic E-state index is 0.0267. The van der Waals surface area contributed by atoms with Crippen molar-refractivity contribution in [3.8, 4) is 22.9 Å². The summed E-state index contributed by atoms with van der Waals surface area (Å²) in [6.07, 6.45) is 5.77. The van der Waals surface area contributed by atoms with Gasteiger partial charge in [0.15, 0.2) is 11.5 Å². The molecule has 0 saturated carbocycles. The number of para-hydroxylation sites is 1. The van der Waals surface area contributed by atoms with Crippen LogP contribution >= 0.6 is 0 Å². The lowest BCUT2D eigenvalue weighted by Gasteiger charge is -2.26. The lowest BCUT2D eigenvalue weighted by Crippen LogP contribution is -2.35. The van der Waals surface area contributed by atoms with Crippen molar-refractivity contribution in [3.05, 3.63) is 94.1 Å². The number of nitrogens with zero attached hydrogens (tertiary/aromatic N) is 4. The van der Waals surface area contributed by atoms with E-state index in [0.717, 1.165) is 30.6 Å². The molecule has 0 spiro atoms. The fraction of sp³-hybridized carbons (Fsp3) is 0.314. The number of amides is 1. The molecule has 0 bridgehead atoms. The van der Waals surface area contributed by atoms with Crippen LogP contribution in [0.25, 0.3) is 16.6 Å². The van der Waals surface area contributed by atoms with Gasteiger partial charge in [-0.1, -0.05) is 12.1 Å². The third kappa shape index (κ3) is 5.69. The van der Waals surface area contributed by atoms with Gasteiger partial charge in [-0.2, -0.15) is 0 Å². The Morgan fingerprint density at radius 1 is 1.07 bits per heavy atom. The first-order valence-electron chi connectivity index (χ1n) is 14.8. The van der Waals surface area contributed by atoms with E-state index in [1.54, 1.807) is 29.9 Å². The van der Waals surface area contributed by atoms with Crippen LogP contribution in [0.3, 0.4) is 0 Å². The number of carbonyl (C=O) groups is 1. The number of fused-ring (bicyclic) bond motifs is 3. The predicted octanol–water partition coefficient (Wildman–Crippen LogP) is 6.21. The third-order valence-electron chi connectivity index (χ3n) is 7.93. The molecule has 4 aromatic rings. The number of hydrogen-bond acceptors (Lipinski definition) is 7. The fourth-order valence-electron chi connectivity index (χ4n) is 5.97. The van der Waals surface area contributed by atoms with Crippen molar-refractivity contribution < 1.29 is 19.0 Å². The van der Waals surface area contributed by atoms with Crippen LogP contribution in [0.4, 0.5) is 5.69 Å². The maximum atomic E-state index is 13.2. The second kappa shape index (κ2) is 11.6. The molecular formula is C35H36N4O5. The molecule has 44 heavy (non-hydrogen) atoms. The van der Waals surface area contributed by atoms with E-state index in [0.29, 0.717) is 51.8 Å². The Balaban J connectivity index is 1.15. The molecule has 0 N–H and O–H groups in total. The summed E-state index contributed by atoms with van der Waals surface area (Å²) in [7, 11) is 1.57. The van der Waals surface area contributed by atoms with Crippen molar-refractivity contribution in [2.75, 3.05) is 20.3 Å². The Labute approximate surface area is 256 Å². The number of carbonyl (C=O) groups excluding carboxylic acids is 1. The first-order chi connectivity index (χ1) is 21.1. The van der Waals surface area contributed by atoms with Gasteiger partial charge in [-0.15, -0.1) is 0 Å². The van der Waals surface area contributed by atoms with Gasteiger partial charge in [0.2, 0.25) is 0 Å². The molecule has 9 heteroatoms. The summed E-state index contributed by atoms with van der Waals surface area (Å²) in [5, 5.41) is 0.578. The molecule has 9 nitrogen and oxygen atoms in total. The van der Waals surface area contributed by atoms with E-state index >= 15 is 0 Å². The third-order valence-corrected chi connectivity index (χ3v) is 7.93. The minimum Gasteiger partial charge on any atom is -0.493 e. The van der Waals surface area contributed by atoms with Gasteiger partial charge in [0.05, 0.1) is 41.0 Å². The zero-order chi connectivity index (χ0) is 31.0. The highest BCUT2D eigenvalue weighted by Crippen LogP contribution is 2.39. The molecule has 0 aliphatic carbocycles. The lowest BCUT2D eigenvalue weighted by molar-refractivity contribution is 0.0774. The molecule has 1 saturated heterocycles. The first-order valence-corrected chi connectivity index (χ1v) is 14.8. The van der Waals surface area contributed by atoms with Crippen LogP contribution in [-0.2, 0) is 0 Å². The van der Waals surface area contributed by atoms with Crippen LogP contribution < -0.4 is 19.8 Å². The highest BCUT2D eigenvalue weighted by atomic mass is 16.5. The second-order valence-electron chi connectivity index (χ2n) is 11.8. The van der Waals surface area contributed by atoms with Gasteiger partial charge in [0, 0.05) is 18.8 Å². The Bertz CT molecular complexity index is 1860. The number of hydrogen-bond donors (Lipinski definition) is 0. The van der Waals surface area contributed by atoms with E-state index in [2.05, 4.69) is 9.98 Å². The van der Waals surface area contributed by atoms with Crippen molar-refractivity contribution in [1.82, 2.24) is 14.5 Å². The number of ether oxygens (including phenoxy) is 3. The van der Waals surface area contributed by atoms with Crippen LogP contribution in [0.15, 0.2) is 82.1 Å². The summed E-state index contributed by atoms with van der Waals surface area (Å²) < 4.78 is 19.7. The molecule has 6 rings (SSSR count). The predicted molar refractivity (Wildman–Crippen MR) is 171 cm³/mol. The van der Waals surface area contributed by atoms with Crippen molar-refractivity contribution in [2.45, 2.75) is 52.2 Å². The van der Waals surface area contributed by atoms with Gasteiger partial charge in [0.1, 0.15) is 23.8 Å². The number of aliphatic imine (C=N–C) groups is 1. The molecule has 3 heterocycles. The zero-order valence-electron chi connectivity index (χ0n) is 25.7. The van der Waals surface area contributed by atoms with Crippen molar-refractivity contribution in [1.29, 1.82) is 0 Å². The largest absolute Gasteiger partial charge is 0.493 e. The fourth-order valence-corrected chi connectivity index (χ4v) is 5.97. The number of rotatable bonds is 8. The molecule has 2 aliphatic rings. The molecule has 0 unspecified atom stereocenters.